The van der Waals surface area contributed by atoms with Gasteiger partial charge >= 0.3 is 6.18 Å². The van der Waals surface area contributed by atoms with Gasteiger partial charge in [-0.2, -0.15) is 18.3 Å². The molecule has 1 saturated heterocycles. The van der Waals surface area contributed by atoms with Crippen LogP contribution in [0.15, 0.2) is 48.9 Å². The number of hydrogen-bond acceptors (Lipinski definition) is 5. The zero-order valence-electron chi connectivity index (χ0n) is 18.9. The van der Waals surface area contributed by atoms with Gasteiger partial charge in [-0.3, -0.25) is 9.48 Å². The van der Waals surface area contributed by atoms with Crippen LogP contribution in [0.25, 0.3) is 11.1 Å². The number of nitrogens with zero attached hydrogens (tertiary/aromatic N) is 5. The molecular formula is C23H23F5N6O. The van der Waals surface area contributed by atoms with Gasteiger partial charge in [0.2, 0.25) is 0 Å². The Kier molecular flexibility index (Phi) is 6.48. The Hall–Kier alpha value is -3.57. The first kappa shape index (κ1) is 24.6. The van der Waals surface area contributed by atoms with Crippen molar-refractivity contribution in [3.63, 3.8) is 0 Å². The summed E-state index contributed by atoms with van der Waals surface area (Å²) in [7, 11) is 1.61. The van der Waals surface area contributed by atoms with Gasteiger partial charge < -0.3 is 10.2 Å². The number of amides is 1. The third-order valence-electron chi connectivity index (χ3n) is 5.90. The predicted octanol–water partition coefficient (Wildman–Crippen LogP) is 4.49. The van der Waals surface area contributed by atoms with E-state index in [2.05, 4.69) is 20.4 Å². The first-order valence-corrected chi connectivity index (χ1v) is 10.9. The molecule has 1 amide bonds. The molecule has 12 heteroatoms. The van der Waals surface area contributed by atoms with E-state index in [1.54, 1.807) is 43.6 Å². The number of piperidine rings is 1. The lowest BCUT2D eigenvalue weighted by Gasteiger charge is -2.43. The second kappa shape index (κ2) is 9.23. The van der Waals surface area contributed by atoms with Gasteiger partial charge in [-0.15, -0.1) is 0 Å². The van der Waals surface area contributed by atoms with Crippen LogP contribution in [0, 0.1) is 5.92 Å². The molecule has 1 aliphatic heterocycles. The second-order valence-corrected chi connectivity index (χ2v) is 8.60. The molecule has 1 aliphatic rings. The van der Waals surface area contributed by atoms with Gasteiger partial charge in [0.05, 0.1) is 12.6 Å². The minimum Gasteiger partial charge on any atom is -0.366 e. The number of carbonyl (C=O) groups excluding carboxylic acids is 1. The highest BCUT2D eigenvalue weighted by atomic mass is 19.4. The second-order valence-electron chi connectivity index (χ2n) is 8.60. The first-order valence-electron chi connectivity index (χ1n) is 10.9. The number of nitrogens with one attached hydrogen (secondary N) is 1. The largest absolute Gasteiger partial charge is 0.437 e. The normalized spacial score (nSPS) is 20.0. The molecule has 1 N–H and O–H groups in total. The number of alkyl halides is 5. The lowest BCUT2D eigenvalue weighted by atomic mass is 9.88. The number of halogens is 5. The molecule has 0 bridgehead atoms. The minimum absolute atomic E-state index is 0.0101. The van der Waals surface area contributed by atoms with Crippen molar-refractivity contribution in [2.75, 3.05) is 18.4 Å². The maximum atomic E-state index is 14.6. The number of likely N-dealkylation sites (tertiary alicyclic amines) is 1. The molecule has 4 rings (SSSR count). The summed E-state index contributed by atoms with van der Waals surface area (Å²) in [4.78, 5) is 21.6. The quantitative estimate of drug-likeness (QED) is 0.529. The number of anilines is 1. The van der Waals surface area contributed by atoms with E-state index in [1.165, 1.54) is 11.6 Å². The Morgan fingerprint density at radius 2 is 1.86 bits per heavy atom. The Bertz CT molecular complexity index is 1200. The number of benzene rings is 1. The molecule has 3 aromatic rings. The third kappa shape index (κ3) is 5.25. The van der Waals surface area contributed by atoms with E-state index >= 15 is 0 Å². The van der Waals surface area contributed by atoms with E-state index in [1.807, 2.05) is 0 Å². The predicted molar refractivity (Wildman–Crippen MR) is 118 cm³/mol. The van der Waals surface area contributed by atoms with Crippen LogP contribution in [0.5, 0.6) is 0 Å². The summed E-state index contributed by atoms with van der Waals surface area (Å²) in [5, 5.41) is 6.80. The Morgan fingerprint density at radius 3 is 2.54 bits per heavy atom. The zero-order chi connectivity index (χ0) is 25.4. The monoisotopic (exact) mass is 494 g/mol. The van der Waals surface area contributed by atoms with Crippen LogP contribution in [0.4, 0.5) is 27.8 Å². The molecule has 0 saturated carbocycles. The van der Waals surface area contributed by atoms with Crippen LogP contribution in [0.2, 0.25) is 0 Å². The summed E-state index contributed by atoms with van der Waals surface area (Å²) in [6, 6.07) is 8.06. The Labute approximate surface area is 198 Å². The molecule has 1 aromatic carbocycles. The average Bonchev–Trinajstić information content (AvgIpc) is 3.19. The Morgan fingerprint density at radius 1 is 1.17 bits per heavy atom. The molecule has 0 aliphatic carbocycles. The van der Waals surface area contributed by atoms with Crippen molar-refractivity contribution in [3.8, 4) is 11.1 Å². The molecule has 2 aromatic heterocycles. The SMILES string of the molecule is C[C@@H]1CC(F)(F)CN(C(=O)c2nn(C)cc2-c2ccccc2)[C@@H]1CNc1nccnc1C(F)(F)F. The molecular weight excluding hydrogens is 471 g/mol. The van der Waals surface area contributed by atoms with Gasteiger partial charge in [0.25, 0.3) is 11.8 Å². The average molecular weight is 494 g/mol. The van der Waals surface area contributed by atoms with Crippen molar-refractivity contribution < 1.29 is 26.7 Å². The van der Waals surface area contributed by atoms with Crippen LogP contribution >= 0.6 is 0 Å². The number of hydrogen-bond donors (Lipinski definition) is 1. The van der Waals surface area contributed by atoms with E-state index in [0.29, 0.717) is 11.1 Å². The van der Waals surface area contributed by atoms with E-state index in [-0.39, 0.29) is 12.2 Å². The molecule has 0 spiro atoms. The van der Waals surface area contributed by atoms with Crippen molar-refractivity contribution in [2.24, 2.45) is 13.0 Å². The number of aromatic nitrogens is 4. The smallest absolute Gasteiger partial charge is 0.366 e. The van der Waals surface area contributed by atoms with E-state index in [4.69, 9.17) is 0 Å². The van der Waals surface area contributed by atoms with Crippen molar-refractivity contribution in [1.29, 1.82) is 0 Å². The molecule has 0 unspecified atom stereocenters. The topological polar surface area (TPSA) is 75.9 Å². The third-order valence-corrected chi connectivity index (χ3v) is 5.90. The highest BCUT2D eigenvalue weighted by molar-refractivity contribution is 5.99. The fourth-order valence-corrected chi connectivity index (χ4v) is 4.37. The molecule has 3 heterocycles. The minimum atomic E-state index is -4.75. The highest BCUT2D eigenvalue weighted by Crippen LogP contribution is 2.37. The van der Waals surface area contributed by atoms with Crippen LogP contribution in [-0.4, -0.2) is 55.6 Å². The number of carbonyl (C=O) groups is 1. The van der Waals surface area contributed by atoms with Crippen LogP contribution in [-0.2, 0) is 13.2 Å². The number of rotatable bonds is 5. The summed E-state index contributed by atoms with van der Waals surface area (Å²) >= 11 is 0. The van der Waals surface area contributed by atoms with Crippen LogP contribution in [0.1, 0.15) is 29.5 Å². The van der Waals surface area contributed by atoms with Gasteiger partial charge in [-0.1, -0.05) is 37.3 Å². The molecule has 186 valence electrons. The van der Waals surface area contributed by atoms with Gasteiger partial charge in [0.15, 0.2) is 17.2 Å². The van der Waals surface area contributed by atoms with E-state index < -0.39 is 54.4 Å². The van der Waals surface area contributed by atoms with Gasteiger partial charge in [0.1, 0.15) is 0 Å². The van der Waals surface area contributed by atoms with E-state index in [9.17, 15) is 26.7 Å². The highest BCUT2D eigenvalue weighted by Gasteiger charge is 2.47. The number of aryl methyl sites for hydroxylation is 1. The fourth-order valence-electron chi connectivity index (χ4n) is 4.37. The summed E-state index contributed by atoms with van der Waals surface area (Å²) in [5.74, 6) is -5.13. The molecule has 2 atom stereocenters. The maximum Gasteiger partial charge on any atom is 0.437 e. The lowest BCUT2D eigenvalue weighted by molar-refractivity contribution is -0.140. The van der Waals surface area contributed by atoms with Crippen LogP contribution in [0.3, 0.4) is 0 Å². The summed E-state index contributed by atoms with van der Waals surface area (Å²) in [6.07, 6.45) is -1.63. The van der Waals surface area contributed by atoms with E-state index in [0.717, 1.165) is 17.3 Å². The standard InChI is InChI=1S/C23H23F5N6O/c1-14-10-22(24,25)13-34(17(14)11-31-20-19(23(26,27)28)29-8-9-30-20)21(35)18-16(12-33(2)32-18)15-6-4-3-5-7-15/h3-9,12,14,17H,10-11,13H2,1-2H3,(H,30,31)/t14-,17-/m1/s1. The molecule has 7 nitrogen and oxygen atoms in total. The maximum absolute atomic E-state index is 14.6. The summed E-state index contributed by atoms with van der Waals surface area (Å²) < 4.78 is 70.5. The molecule has 1 fully saturated rings. The molecule has 35 heavy (non-hydrogen) atoms. The van der Waals surface area contributed by atoms with Crippen molar-refractivity contribution in [2.45, 2.75) is 31.5 Å². The van der Waals surface area contributed by atoms with Crippen LogP contribution < -0.4 is 5.32 Å². The van der Waals surface area contributed by atoms with Gasteiger partial charge in [-0.25, -0.2) is 18.7 Å². The van der Waals surface area contributed by atoms with Gasteiger partial charge in [0, 0.05) is 44.2 Å². The lowest BCUT2D eigenvalue weighted by Crippen LogP contribution is -2.57. The van der Waals surface area contributed by atoms with Crippen molar-refractivity contribution in [3.05, 3.63) is 60.3 Å². The first-order chi connectivity index (χ1) is 16.5. The van der Waals surface area contributed by atoms with Crippen molar-refractivity contribution in [1.82, 2.24) is 24.6 Å². The summed E-state index contributed by atoms with van der Waals surface area (Å²) in [5.41, 5.74) is -0.0729. The van der Waals surface area contributed by atoms with Gasteiger partial charge in [-0.05, 0) is 11.5 Å². The van der Waals surface area contributed by atoms with Crippen molar-refractivity contribution >= 4 is 11.7 Å². The fraction of sp³-hybridized carbons (Fsp3) is 0.391. The molecule has 0 radical (unpaired) electrons. The summed E-state index contributed by atoms with van der Waals surface area (Å²) in [6.45, 7) is 0.440. The zero-order valence-corrected chi connectivity index (χ0v) is 18.9. The Balaban J connectivity index is 1.66.